The quantitative estimate of drug-likeness (QED) is 0.446. The van der Waals surface area contributed by atoms with E-state index in [9.17, 15) is 8.78 Å². The van der Waals surface area contributed by atoms with Gasteiger partial charge in [-0.05, 0) is 42.7 Å². The zero-order valence-electron chi connectivity index (χ0n) is 13.4. The molecule has 0 aliphatic carbocycles. The monoisotopic (exact) mass is 366 g/mol. The Kier molecular flexibility index (Phi) is 5.64. The molecular formula is C16H16F2N4O2S. The Morgan fingerprint density at radius 3 is 2.72 bits per heavy atom. The molecular weight excluding hydrogens is 350 g/mol. The fraction of sp³-hybridized carbons (Fsp3) is 0.312. The maximum absolute atomic E-state index is 12.1. The summed E-state index contributed by atoms with van der Waals surface area (Å²) >= 11 is 1.48. The molecule has 0 spiro atoms. The Labute approximate surface area is 147 Å². The Balaban J connectivity index is 1.50. The molecule has 0 atom stereocenters. The molecule has 2 aromatic heterocycles. The minimum atomic E-state index is -2.84. The lowest BCUT2D eigenvalue weighted by molar-refractivity contribution is -0.0498. The highest BCUT2D eigenvalue weighted by Crippen LogP contribution is 2.25. The van der Waals surface area contributed by atoms with Crippen LogP contribution in [0.4, 0.5) is 8.78 Å². The highest BCUT2D eigenvalue weighted by Gasteiger charge is 2.10. The SMILES string of the molecule is Cn1cc(CCCSc2nnc(-c3ccc(OC(F)F)cc3)o2)cn1. The van der Waals surface area contributed by atoms with Crippen LogP contribution >= 0.6 is 11.8 Å². The van der Waals surface area contributed by atoms with Gasteiger partial charge in [0, 0.05) is 24.6 Å². The predicted octanol–water partition coefficient (Wildman–Crippen LogP) is 3.80. The molecule has 0 bridgehead atoms. The third kappa shape index (κ3) is 5.02. The summed E-state index contributed by atoms with van der Waals surface area (Å²) in [5, 5.41) is 12.6. The number of halogens is 2. The van der Waals surface area contributed by atoms with Crippen LogP contribution < -0.4 is 4.74 Å². The highest BCUT2D eigenvalue weighted by atomic mass is 32.2. The van der Waals surface area contributed by atoms with E-state index in [1.165, 1.54) is 29.5 Å². The highest BCUT2D eigenvalue weighted by molar-refractivity contribution is 7.99. The lowest BCUT2D eigenvalue weighted by Gasteiger charge is -2.03. The number of hydrogen-bond acceptors (Lipinski definition) is 6. The minimum Gasteiger partial charge on any atom is -0.435 e. The van der Waals surface area contributed by atoms with Gasteiger partial charge in [-0.2, -0.15) is 13.9 Å². The average molecular weight is 366 g/mol. The Morgan fingerprint density at radius 2 is 2.04 bits per heavy atom. The van der Waals surface area contributed by atoms with E-state index in [0.717, 1.165) is 18.6 Å². The molecule has 0 radical (unpaired) electrons. The molecule has 0 aliphatic heterocycles. The van der Waals surface area contributed by atoms with Crippen molar-refractivity contribution in [2.24, 2.45) is 7.05 Å². The minimum absolute atomic E-state index is 0.0864. The zero-order valence-corrected chi connectivity index (χ0v) is 14.2. The van der Waals surface area contributed by atoms with Crippen LogP contribution in [-0.2, 0) is 13.5 Å². The van der Waals surface area contributed by atoms with Gasteiger partial charge in [-0.15, -0.1) is 10.2 Å². The lowest BCUT2D eigenvalue weighted by Crippen LogP contribution is -2.01. The van der Waals surface area contributed by atoms with Gasteiger partial charge in [-0.1, -0.05) is 11.8 Å². The van der Waals surface area contributed by atoms with E-state index in [1.807, 2.05) is 19.4 Å². The molecule has 25 heavy (non-hydrogen) atoms. The molecule has 3 aromatic rings. The van der Waals surface area contributed by atoms with Gasteiger partial charge in [-0.25, -0.2) is 0 Å². The van der Waals surface area contributed by atoms with E-state index in [0.29, 0.717) is 16.7 Å². The second kappa shape index (κ2) is 8.11. The predicted molar refractivity (Wildman–Crippen MR) is 88.6 cm³/mol. The number of aromatic nitrogens is 4. The lowest BCUT2D eigenvalue weighted by atomic mass is 10.2. The van der Waals surface area contributed by atoms with E-state index in [4.69, 9.17) is 4.42 Å². The molecule has 3 rings (SSSR count). The molecule has 132 valence electrons. The van der Waals surface area contributed by atoms with Gasteiger partial charge in [0.1, 0.15) is 5.75 Å². The van der Waals surface area contributed by atoms with Crippen molar-refractivity contribution in [3.63, 3.8) is 0 Å². The van der Waals surface area contributed by atoms with Gasteiger partial charge in [0.2, 0.25) is 5.89 Å². The number of aryl methyl sites for hydroxylation is 2. The van der Waals surface area contributed by atoms with E-state index in [-0.39, 0.29) is 5.75 Å². The summed E-state index contributed by atoms with van der Waals surface area (Å²) in [6.45, 7) is -2.84. The fourth-order valence-electron chi connectivity index (χ4n) is 2.20. The van der Waals surface area contributed by atoms with Crippen LogP contribution in [0.5, 0.6) is 5.75 Å². The molecule has 0 N–H and O–H groups in total. The summed E-state index contributed by atoms with van der Waals surface area (Å²) in [5.41, 5.74) is 1.84. The Bertz CT molecular complexity index is 805. The van der Waals surface area contributed by atoms with E-state index >= 15 is 0 Å². The first-order valence-electron chi connectivity index (χ1n) is 7.59. The van der Waals surface area contributed by atoms with Gasteiger partial charge < -0.3 is 9.15 Å². The third-order valence-electron chi connectivity index (χ3n) is 3.33. The molecule has 0 saturated heterocycles. The first-order chi connectivity index (χ1) is 12.1. The first kappa shape index (κ1) is 17.4. The standard InChI is InChI=1S/C16H16F2N4O2S/c1-22-10-11(9-19-22)3-2-8-25-16-21-20-14(24-16)12-4-6-13(7-5-12)23-15(17)18/h4-7,9-10,15H,2-3,8H2,1H3. The largest absolute Gasteiger partial charge is 0.435 e. The van der Waals surface area contributed by atoms with Crippen LogP contribution in [-0.4, -0.2) is 32.3 Å². The van der Waals surface area contributed by atoms with Crippen LogP contribution in [0.1, 0.15) is 12.0 Å². The van der Waals surface area contributed by atoms with Crippen molar-refractivity contribution in [1.82, 2.24) is 20.0 Å². The van der Waals surface area contributed by atoms with Crippen LogP contribution in [0.25, 0.3) is 11.5 Å². The number of nitrogens with zero attached hydrogens (tertiary/aromatic N) is 4. The van der Waals surface area contributed by atoms with Gasteiger partial charge in [0.05, 0.1) is 6.20 Å². The number of hydrogen-bond donors (Lipinski definition) is 0. The van der Waals surface area contributed by atoms with Gasteiger partial charge in [-0.3, -0.25) is 4.68 Å². The molecule has 0 fully saturated rings. The van der Waals surface area contributed by atoms with Crippen molar-refractivity contribution < 1.29 is 17.9 Å². The van der Waals surface area contributed by atoms with E-state index in [2.05, 4.69) is 20.0 Å². The third-order valence-corrected chi connectivity index (χ3v) is 4.23. The number of alkyl halides is 2. The van der Waals surface area contributed by atoms with Crippen LogP contribution in [0.15, 0.2) is 46.3 Å². The number of thioether (sulfide) groups is 1. The summed E-state index contributed by atoms with van der Waals surface area (Å²) < 4.78 is 35.9. The summed E-state index contributed by atoms with van der Waals surface area (Å²) in [5.74, 6) is 1.28. The van der Waals surface area contributed by atoms with Gasteiger partial charge in [0.25, 0.3) is 5.22 Å². The van der Waals surface area contributed by atoms with Crippen molar-refractivity contribution in [3.05, 3.63) is 42.2 Å². The van der Waals surface area contributed by atoms with Crippen LogP contribution in [0, 0.1) is 0 Å². The van der Waals surface area contributed by atoms with E-state index < -0.39 is 6.61 Å². The maximum atomic E-state index is 12.1. The Morgan fingerprint density at radius 1 is 1.24 bits per heavy atom. The van der Waals surface area contributed by atoms with Crippen LogP contribution in [0.3, 0.4) is 0 Å². The van der Waals surface area contributed by atoms with Gasteiger partial charge in [0.15, 0.2) is 0 Å². The second-order valence-corrected chi connectivity index (χ2v) is 6.30. The molecule has 0 saturated carbocycles. The number of ether oxygens (including phenoxy) is 1. The van der Waals surface area contributed by atoms with Crippen molar-refractivity contribution in [2.45, 2.75) is 24.7 Å². The van der Waals surface area contributed by atoms with Crippen molar-refractivity contribution in [2.75, 3.05) is 5.75 Å². The molecule has 2 heterocycles. The smallest absolute Gasteiger partial charge is 0.387 e. The first-order valence-corrected chi connectivity index (χ1v) is 8.58. The van der Waals surface area contributed by atoms with E-state index in [1.54, 1.807) is 16.8 Å². The van der Waals surface area contributed by atoms with Crippen LogP contribution in [0.2, 0.25) is 0 Å². The average Bonchev–Trinajstić information content (AvgIpc) is 3.21. The number of benzene rings is 1. The molecule has 0 aliphatic rings. The van der Waals surface area contributed by atoms with Crippen molar-refractivity contribution in [3.8, 4) is 17.2 Å². The molecule has 9 heteroatoms. The summed E-state index contributed by atoms with van der Waals surface area (Å²) in [6, 6.07) is 6.07. The number of rotatable bonds is 8. The molecule has 0 amide bonds. The summed E-state index contributed by atoms with van der Waals surface area (Å²) in [6.07, 6.45) is 5.76. The van der Waals surface area contributed by atoms with Crippen molar-refractivity contribution in [1.29, 1.82) is 0 Å². The molecule has 0 unspecified atom stereocenters. The fourth-order valence-corrected chi connectivity index (χ4v) is 2.90. The van der Waals surface area contributed by atoms with Gasteiger partial charge >= 0.3 is 6.61 Å². The van der Waals surface area contributed by atoms with Crippen molar-refractivity contribution >= 4 is 11.8 Å². The summed E-state index contributed by atoms with van der Waals surface area (Å²) in [4.78, 5) is 0. The molecule has 6 nitrogen and oxygen atoms in total. The maximum Gasteiger partial charge on any atom is 0.387 e. The second-order valence-electron chi connectivity index (χ2n) is 5.25. The zero-order chi connectivity index (χ0) is 17.6. The topological polar surface area (TPSA) is 66.0 Å². The normalized spacial score (nSPS) is 11.2. The molecule has 1 aromatic carbocycles. The Hall–Kier alpha value is -2.42. The summed E-state index contributed by atoms with van der Waals surface area (Å²) in [7, 11) is 1.89.